The molecule has 0 spiro atoms. The molecule has 3 aromatic rings. The van der Waals surface area contributed by atoms with E-state index < -0.39 is 11.5 Å². The lowest BCUT2D eigenvalue weighted by molar-refractivity contribution is -0.384. The molecule has 0 amide bonds. The maximum atomic E-state index is 12.4. The van der Waals surface area contributed by atoms with Gasteiger partial charge in [0.25, 0.3) is 5.69 Å². The molecule has 0 radical (unpaired) electrons. The lowest BCUT2D eigenvalue weighted by Crippen LogP contribution is -2.03. The number of non-ortho nitro benzene ring substituents is 1. The predicted octanol–water partition coefficient (Wildman–Crippen LogP) is 4.18. The summed E-state index contributed by atoms with van der Waals surface area (Å²) >= 11 is 0. The molecule has 0 aliphatic carbocycles. The molecule has 3 rings (SSSR count). The molecule has 0 unspecified atom stereocenters. The average Bonchev–Trinajstić information content (AvgIpc) is 3.16. The minimum Gasteiger partial charge on any atom is -0.493 e. The third kappa shape index (κ3) is 4.75. The van der Waals surface area contributed by atoms with E-state index in [1.54, 1.807) is 13.0 Å². The number of anilines is 1. The first kappa shape index (κ1) is 20.0. The molecule has 152 valence electrons. The molecule has 0 aliphatic rings. The minimum atomic E-state index is -2.98. The van der Waals surface area contributed by atoms with Gasteiger partial charge in [-0.1, -0.05) is 11.2 Å². The number of hydrogen-bond donors (Lipinski definition) is 1. The summed E-state index contributed by atoms with van der Waals surface area (Å²) in [6.45, 7) is -1.03. The fourth-order valence-electron chi connectivity index (χ4n) is 2.53. The SMILES string of the molecule is COc1cc(-c2noc(CNc3cc([N+](=O)[O-])ccc3C)n2)ccc1OC(F)F. The van der Waals surface area contributed by atoms with Crippen molar-refractivity contribution in [1.82, 2.24) is 10.1 Å². The van der Waals surface area contributed by atoms with Gasteiger partial charge in [-0.05, 0) is 30.7 Å². The normalized spacial score (nSPS) is 10.8. The summed E-state index contributed by atoms with van der Waals surface area (Å²) in [6, 6.07) is 8.73. The van der Waals surface area contributed by atoms with Crippen LogP contribution in [-0.2, 0) is 6.54 Å². The number of nitro benzene ring substituents is 1. The van der Waals surface area contributed by atoms with Crippen molar-refractivity contribution < 1.29 is 27.7 Å². The fraction of sp³-hybridized carbons (Fsp3) is 0.222. The van der Waals surface area contributed by atoms with Gasteiger partial charge in [-0.25, -0.2) is 0 Å². The molecule has 1 aromatic heterocycles. The van der Waals surface area contributed by atoms with Crippen molar-refractivity contribution in [2.24, 2.45) is 0 Å². The highest BCUT2D eigenvalue weighted by atomic mass is 19.3. The molecule has 1 N–H and O–H groups in total. The van der Waals surface area contributed by atoms with Crippen molar-refractivity contribution in [1.29, 1.82) is 0 Å². The molecule has 0 saturated carbocycles. The standard InChI is InChI=1S/C18H16F2N4O5/c1-10-3-5-12(24(25)26)8-13(10)21-9-16-22-17(23-29-16)11-4-6-14(28-18(19)20)15(7-11)27-2/h3-8,18,21H,9H2,1-2H3. The van der Waals surface area contributed by atoms with Gasteiger partial charge in [-0.15, -0.1) is 0 Å². The zero-order valence-corrected chi connectivity index (χ0v) is 15.4. The zero-order chi connectivity index (χ0) is 21.0. The highest BCUT2D eigenvalue weighted by molar-refractivity contribution is 5.61. The van der Waals surface area contributed by atoms with Crippen molar-refractivity contribution in [3.05, 3.63) is 58.0 Å². The van der Waals surface area contributed by atoms with Crippen LogP contribution in [0.25, 0.3) is 11.4 Å². The second-order valence-electron chi connectivity index (χ2n) is 5.87. The largest absolute Gasteiger partial charge is 0.493 e. The monoisotopic (exact) mass is 406 g/mol. The smallest absolute Gasteiger partial charge is 0.387 e. The summed E-state index contributed by atoms with van der Waals surface area (Å²) < 4.78 is 39.5. The predicted molar refractivity (Wildman–Crippen MR) is 98.1 cm³/mol. The highest BCUT2D eigenvalue weighted by Crippen LogP contribution is 2.32. The number of hydrogen-bond acceptors (Lipinski definition) is 8. The second kappa shape index (κ2) is 8.50. The van der Waals surface area contributed by atoms with E-state index in [1.165, 1.54) is 37.4 Å². The van der Waals surface area contributed by atoms with Crippen molar-refractivity contribution in [2.45, 2.75) is 20.1 Å². The molecular weight excluding hydrogens is 390 g/mol. The molecule has 1 heterocycles. The fourth-order valence-corrected chi connectivity index (χ4v) is 2.53. The zero-order valence-electron chi connectivity index (χ0n) is 15.4. The van der Waals surface area contributed by atoms with Crippen molar-refractivity contribution in [2.75, 3.05) is 12.4 Å². The molecule has 0 atom stereocenters. The number of methoxy groups -OCH3 is 1. The van der Waals surface area contributed by atoms with Crippen LogP contribution in [0.1, 0.15) is 11.5 Å². The number of aromatic nitrogens is 2. The first-order valence-electron chi connectivity index (χ1n) is 8.32. The summed E-state index contributed by atoms with van der Waals surface area (Å²) in [5, 5.41) is 17.8. The van der Waals surface area contributed by atoms with Gasteiger partial charge in [-0.3, -0.25) is 10.1 Å². The third-order valence-electron chi connectivity index (χ3n) is 3.97. The van der Waals surface area contributed by atoms with Crippen LogP contribution in [0.2, 0.25) is 0 Å². The Kier molecular flexibility index (Phi) is 5.86. The number of nitrogens with zero attached hydrogens (tertiary/aromatic N) is 3. The van der Waals surface area contributed by atoms with E-state index in [4.69, 9.17) is 9.26 Å². The van der Waals surface area contributed by atoms with Gasteiger partial charge >= 0.3 is 6.61 Å². The number of benzene rings is 2. The topological polar surface area (TPSA) is 113 Å². The average molecular weight is 406 g/mol. The van der Waals surface area contributed by atoms with Gasteiger partial charge in [0, 0.05) is 23.4 Å². The maximum Gasteiger partial charge on any atom is 0.387 e. The van der Waals surface area contributed by atoms with Crippen LogP contribution in [0.3, 0.4) is 0 Å². The first-order chi connectivity index (χ1) is 13.9. The van der Waals surface area contributed by atoms with Crippen molar-refractivity contribution in [3.8, 4) is 22.9 Å². The van der Waals surface area contributed by atoms with Gasteiger partial charge in [0.1, 0.15) is 0 Å². The van der Waals surface area contributed by atoms with Crippen LogP contribution in [0.4, 0.5) is 20.2 Å². The van der Waals surface area contributed by atoms with Crippen LogP contribution in [0.5, 0.6) is 11.5 Å². The Morgan fingerprint density at radius 2 is 2.03 bits per heavy atom. The quantitative estimate of drug-likeness (QED) is 0.438. The minimum absolute atomic E-state index is 0.0393. The molecule has 11 heteroatoms. The van der Waals surface area contributed by atoms with Crippen molar-refractivity contribution >= 4 is 11.4 Å². The third-order valence-corrected chi connectivity index (χ3v) is 3.97. The van der Waals surface area contributed by atoms with E-state index in [9.17, 15) is 18.9 Å². The Morgan fingerprint density at radius 3 is 2.72 bits per heavy atom. The molecule has 29 heavy (non-hydrogen) atoms. The molecule has 0 saturated heterocycles. The van der Waals surface area contributed by atoms with E-state index in [-0.39, 0.29) is 35.4 Å². The van der Waals surface area contributed by atoms with Gasteiger partial charge < -0.3 is 19.3 Å². The molecule has 0 aliphatic heterocycles. The molecule has 0 bridgehead atoms. The summed E-state index contributed by atoms with van der Waals surface area (Å²) in [5.41, 5.74) is 1.82. The maximum absolute atomic E-state index is 12.4. The summed E-state index contributed by atoms with van der Waals surface area (Å²) in [6.07, 6.45) is 0. The van der Waals surface area contributed by atoms with Crippen LogP contribution < -0.4 is 14.8 Å². The Morgan fingerprint density at radius 1 is 1.24 bits per heavy atom. The number of nitrogens with one attached hydrogen (secondary N) is 1. The van der Waals surface area contributed by atoms with E-state index >= 15 is 0 Å². The van der Waals surface area contributed by atoms with Gasteiger partial charge in [0.05, 0.1) is 18.6 Å². The number of halogens is 2. The van der Waals surface area contributed by atoms with Crippen molar-refractivity contribution in [3.63, 3.8) is 0 Å². The second-order valence-corrected chi connectivity index (χ2v) is 5.87. The Bertz CT molecular complexity index is 1030. The number of alkyl halides is 2. The highest BCUT2D eigenvalue weighted by Gasteiger charge is 2.15. The first-order valence-corrected chi connectivity index (χ1v) is 8.32. The molecular formula is C18H16F2N4O5. The van der Waals surface area contributed by atoms with Crippen LogP contribution in [-0.4, -0.2) is 28.8 Å². The summed E-state index contributed by atoms with van der Waals surface area (Å²) in [4.78, 5) is 14.7. The molecule has 9 nitrogen and oxygen atoms in total. The summed E-state index contributed by atoms with van der Waals surface area (Å²) in [5.74, 6) is 0.439. The van der Waals surface area contributed by atoms with E-state index in [0.29, 0.717) is 11.3 Å². The van der Waals surface area contributed by atoms with E-state index in [2.05, 4.69) is 20.2 Å². The Hall–Kier alpha value is -3.76. The lowest BCUT2D eigenvalue weighted by Gasteiger charge is -2.10. The molecule has 2 aromatic carbocycles. The van der Waals surface area contributed by atoms with E-state index in [0.717, 1.165) is 5.56 Å². The van der Waals surface area contributed by atoms with Gasteiger partial charge in [0.2, 0.25) is 11.7 Å². The molecule has 0 fully saturated rings. The van der Waals surface area contributed by atoms with Gasteiger partial charge in [0.15, 0.2) is 11.5 Å². The van der Waals surface area contributed by atoms with Crippen LogP contribution in [0.15, 0.2) is 40.9 Å². The summed E-state index contributed by atoms with van der Waals surface area (Å²) in [7, 11) is 1.32. The van der Waals surface area contributed by atoms with Gasteiger partial charge in [-0.2, -0.15) is 13.8 Å². The van der Waals surface area contributed by atoms with Crippen LogP contribution >= 0.6 is 0 Å². The van der Waals surface area contributed by atoms with Crippen LogP contribution in [0, 0.1) is 17.0 Å². The van der Waals surface area contributed by atoms with E-state index in [1.807, 2.05) is 0 Å². The number of ether oxygens (including phenoxy) is 2. The number of aryl methyl sites for hydroxylation is 1. The Labute approximate surface area is 163 Å². The lowest BCUT2D eigenvalue weighted by atomic mass is 10.2. The number of rotatable bonds is 8. The number of nitro groups is 1. The Balaban J connectivity index is 1.74.